The average Bonchev–Trinajstić information content (AvgIpc) is 3.57. The van der Waals surface area contributed by atoms with Crippen LogP contribution in [0.25, 0.3) is 11.1 Å². The summed E-state index contributed by atoms with van der Waals surface area (Å²) in [6.07, 6.45) is 0.588. The molecule has 180 valence electrons. The number of ether oxygens (including phenoxy) is 1. The lowest BCUT2D eigenvalue weighted by Crippen LogP contribution is -2.31. The lowest BCUT2D eigenvalue weighted by Gasteiger charge is -2.16. The van der Waals surface area contributed by atoms with Crippen LogP contribution in [0.5, 0.6) is 0 Å². The van der Waals surface area contributed by atoms with Crippen LogP contribution in [0.1, 0.15) is 40.0 Å². The molecule has 1 saturated heterocycles. The molecule has 9 heteroatoms. The summed E-state index contributed by atoms with van der Waals surface area (Å²) in [5, 5.41) is 15.8. The van der Waals surface area contributed by atoms with Crippen molar-refractivity contribution in [1.82, 2.24) is 15.4 Å². The van der Waals surface area contributed by atoms with Crippen LogP contribution in [0.3, 0.4) is 0 Å². The van der Waals surface area contributed by atoms with Gasteiger partial charge in [0.1, 0.15) is 24.1 Å². The summed E-state index contributed by atoms with van der Waals surface area (Å²) in [6.45, 7) is 2.38. The summed E-state index contributed by atoms with van der Waals surface area (Å²) >= 11 is 0. The fourth-order valence-corrected chi connectivity index (χ4v) is 4.99. The molecule has 2 amide bonds. The standard InChI is InChI=1S/C26H25N3O6/c1-15-11-29(12-20(15)25(31)32)24(30)22-14-35-28-23(22)10-27-26(33)34-13-21-18-8-4-2-6-16(18)17-7-3-5-9-19(17)21/h2-9,14-15,20-21H,10-13H2,1H3,(H,27,33)(H,31,32)/t15-,20-/m1/s1. The number of rotatable bonds is 6. The number of amides is 2. The van der Waals surface area contributed by atoms with Gasteiger partial charge in [-0.1, -0.05) is 60.6 Å². The Balaban J connectivity index is 1.19. The minimum atomic E-state index is -0.921. The highest BCUT2D eigenvalue weighted by Crippen LogP contribution is 2.44. The Morgan fingerprint density at radius 2 is 1.74 bits per heavy atom. The molecular formula is C26H25N3O6. The Hall–Kier alpha value is -4.14. The lowest BCUT2D eigenvalue weighted by molar-refractivity contribution is -0.142. The number of carboxylic acids is 1. The van der Waals surface area contributed by atoms with Gasteiger partial charge in [-0.05, 0) is 28.2 Å². The Labute approximate surface area is 201 Å². The van der Waals surface area contributed by atoms with E-state index in [2.05, 4.69) is 22.6 Å². The third kappa shape index (κ3) is 4.25. The molecule has 2 atom stereocenters. The maximum absolute atomic E-state index is 12.9. The second-order valence-corrected chi connectivity index (χ2v) is 8.99. The van der Waals surface area contributed by atoms with Gasteiger partial charge >= 0.3 is 12.1 Å². The van der Waals surface area contributed by atoms with E-state index in [1.54, 1.807) is 6.92 Å². The third-order valence-electron chi connectivity index (χ3n) is 6.84. The summed E-state index contributed by atoms with van der Waals surface area (Å²) < 4.78 is 10.5. The van der Waals surface area contributed by atoms with Gasteiger partial charge < -0.3 is 24.6 Å². The van der Waals surface area contributed by atoms with Crippen molar-refractivity contribution in [3.63, 3.8) is 0 Å². The first-order chi connectivity index (χ1) is 16.9. The molecule has 9 nitrogen and oxygen atoms in total. The molecule has 1 aromatic heterocycles. The molecule has 2 aromatic carbocycles. The second-order valence-electron chi connectivity index (χ2n) is 8.99. The molecule has 1 fully saturated rings. The number of hydrogen-bond acceptors (Lipinski definition) is 6. The Kier molecular flexibility index (Phi) is 5.98. The van der Waals surface area contributed by atoms with Crippen molar-refractivity contribution < 1.29 is 28.8 Å². The number of likely N-dealkylation sites (tertiary alicyclic amines) is 1. The lowest BCUT2D eigenvalue weighted by atomic mass is 9.98. The van der Waals surface area contributed by atoms with Crippen LogP contribution in [-0.4, -0.2) is 52.8 Å². The monoisotopic (exact) mass is 475 g/mol. The van der Waals surface area contributed by atoms with E-state index in [9.17, 15) is 19.5 Å². The summed E-state index contributed by atoms with van der Waals surface area (Å²) in [7, 11) is 0. The highest BCUT2D eigenvalue weighted by Gasteiger charge is 2.38. The van der Waals surface area contributed by atoms with E-state index in [1.165, 1.54) is 11.2 Å². The van der Waals surface area contributed by atoms with Gasteiger partial charge in [-0.25, -0.2) is 4.79 Å². The SMILES string of the molecule is C[C@@H]1CN(C(=O)c2conc2CNC(=O)OCC2c3ccccc3-c3ccccc32)C[C@H]1C(=O)O. The largest absolute Gasteiger partial charge is 0.481 e. The number of carboxylic acid groups (broad SMARTS) is 1. The van der Waals surface area contributed by atoms with Gasteiger partial charge in [0.25, 0.3) is 5.91 Å². The van der Waals surface area contributed by atoms with Crippen molar-refractivity contribution in [2.75, 3.05) is 19.7 Å². The number of nitrogens with one attached hydrogen (secondary N) is 1. The fraction of sp³-hybridized carbons (Fsp3) is 0.308. The molecule has 5 rings (SSSR count). The van der Waals surface area contributed by atoms with Crippen LogP contribution in [0.4, 0.5) is 4.79 Å². The fourth-order valence-electron chi connectivity index (χ4n) is 4.99. The number of carbonyl (C=O) groups is 3. The van der Waals surface area contributed by atoms with Crippen molar-refractivity contribution in [3.8, 4) is 11.1 Å². The summed E-state index contributed by atoms with van der Waals surface area (Å²) in [6, 6.07) is 16.2. The number of alkyl carbamates (subject to hydrolysis) is 1. The Morgan fingerprint density at radius 3 is 2.37 bits per heavy atom. The van der Waals surface area contributed by atoms with E-state index in [1.807, 2.05) is 36.4 Å². The van der Waals surface area contributed by atoms with Gasteiger partial charge in [-0.3, -0.25) is 9.59 Å². The predicted octanol–water partition coefficient (Wildman–Crippen LogP) is 3.51. The zero-order valence-electron chi connectivity index (χ0n) is 19.1. The van der Waals surface area contributed by atoms with Crippen molar-refractivity contribution in [1.29, 1.82) is 0 Å². The first-order valence-corrected chi connectivity index (χ1v) is 11.5. The summed E-state index contributed by atoms with van der Waals surface area (Å²) in [4.78, 5) is 38.2. The van der Waals surface area contributed by atoms with Crippen LogP contribution in [0, 0.1) is 11.8 Å². The Morgan fingerprint density at radius 1 is 1.09 bits per heavy atom. The van der Waals surface area contributed by atoms with Crippen LogP contribution in [0.15, 0.2) is 59.3 Å². The van der Waals surface area contributed by atoms with Crippen molar-refractivity contribution in [2.45, 2.75) is 19.4 Å². The van der Waals surface area contributed by atoms with Crippen LogP contribution in [0.2, 0.25) is 0 Å². The highest BCUT2D eigenvalue weighted by molar-refractivity contribution is 5.95. The zero-order valence-corrected chi connectivity index (χ0v) is 19.1. The molecular weight excluding hydrogens is 450 g/mol. The topological polar surface area (TPSA) is 122 Å². The number of carbonyl (C=O) groups excluding carboxylic acids is 2. The summed E-state index contributed by atoms with van der Waals surface area (Å²) in [5.41, 5.74) is 4.97. The molecule has 2 N–H and O–H groups in total. The highest BCUT2D eigenvalue weighted by atomic mass is 16.5. The summed E-state index contributed by atoms with van der Waals surface area (Å²) in [5.74, 6) is -2.11. The maximum Gasteiger partial charge on any atom is 0.407 e. The van der Waals surface area contributed by atoms with E-state index < -0.39 is 18.0 Å². The van der Waals surface area contributed by atoms with Crippen LogP contribution < -0.4 is 5.32 Å². The van der Waals surface area contributed by atoms with Crippen LogP contribution >= 0.6 is 0 Å². The van der Waals surface area contributed by atoms with E-state index in [0.29, 0.717) is 6.54 Å². The van der Waals surface area contributed by atoms with Crippen molar-refractivity contribution >= 4 is 18.0 Å². The number of aliphatic carboxylic acids is 1. The molecule has 35 heavy (non-hydrogen) atoms. The van der Waals surface area contributed by atoms with Gasteiger partial charge in [0, 0.05) is 19.0 Å². The zero-order chi connectivity index (χ0) is 24.5. The molecule has 0 radical (unpaired) electrons. The molecule has 0 bridgehead atoms. The molecule has 0 saturated carbocycles. The third-order valence-corrected chi connectivity index (χ3v) is 6.84. The van der Waals surface area contributed by atoms with Crippen LogP contribution in [-0.2, 0) is 16.1 Å². The van der Waals surface area contributed by atoms with Gasteiger partial charge in [-0.2, -0.15) is 0 Å². The van der Waals surface area contributed by atoms with E-state index in [0.717, 1.165) is 22.3 Å². The number of nitrogens with zero attached hydrogens (tertiary/aromatic N) is 2. The van der Waals surface area contributed by atoms with E-state index in [-0.39, 0.29) is 48.7 Å². The number of hydrogen-bond donors (Lipinski definition) is 2. The van der Waals surface area contributed by atoms with Crippen molar-refractivity contribution in [2.24, 2.45) is 11.8 Å². The molecule has 1 aliphatic heterocycles. The number of benzene rings is 2. The molecule has 2 aliphatic rings. The van der Waals surface area contributed by atoms with Gasteiger partial charge in [0.15, 0.2) is 0 Å². The molecule has 1 aliphatic carbocycles. The molecule has 2 heterocycles. The van der Waals surface area contributed by atoms with Crippen molar-refractivity contribution in [3.05, 3.63) is 77.2 Å². The first-order valence-electron chi connectivity index (χ1n) is 11.5. The van der Waals surface area contributed by atoms with E-state index in [4.69, 9.17) is 9.26 Å². The Bertz CT molecular complexity index is 1240. The maximum atomic E-state index is 12.9. The second kappa shape index (κ2) is 9.25. The van der Waals surface area contributed by atoms with E-state index >= 15 is 0 Å². The minimum Gasteiger partial charge on any atom is -0.481 e. The first kappa shape index (κ1) is 22.6. The predicted molar refractivity (Wildman–Crippen MR) is 125 cm³/mol. The normalized spacial score (nSPS) is 18.7. The number of fused-ring (bicyclic) bond motifs is 3. The molecule has 0 spiro atoms. The average molecular weight is 476 g/mol. The molecule has 3 aromatic rings. The molecule has 0 unspecified atom stereocenters. The minimum absolute atomic E-state index is 0.0556. The van der Waals surface area contributed by atoms with Gasteiger partial charge in [0.2, 0.25) is 0 Å². The smallest absolute Gasteiger partial charge is 0.407 e. The number of aromatic nitrogens is 1. The van der Waals surface area contributed by atoms with Gasteiger partial charge in [0.05, 0.1) is 12.5 Å². The van der Waals surface area contributed by atoms with Gasteiger partial charge in [-0.15, -0.1) is 0 Å². The quantitative estimate of drug-likeness (QED) is 0.559.